The van der Waals surface area contributed by atoms with Crippen molar-refractivity contribution in [3.8, 4) is 0 Å². The SMILES string of the molecule is CC(F)(F)C1(OCC2CC2)C2=CC=CN(O)C2=Nc2ccc(F)cc21. The number of fused-ring (bicyclic) bond motifs is 2. The van der Waals surface area contributed by atoms with Crippen LogP contribution in [0.5, 0.6) is 0 Å². The Labute approximate surface area is 142 Å². The molecule has 0 bridgehead atoms. The second-order valence-electron chi connectivity index (χ2n) is 6.69. The summed E-state index contributed by atoms with van der Waals surface area (Å²) in [6.45, 7) is 0.886. The van der Waals surface area contributed by atoms with Gasteiger partial charge in [-0.05, 0) is 43.0 Å². The van der Waals surface area contributed by atoms with Crippen molar-refractivity contribution in [2.24, 2.45) is 10.9 Å². The van der Waals surface area contributed by atoms with Gasteiger partial charge in [0.2, 0.25) is 0 Å². The molecule has 1 aromatic carbocycles. The second kappa shape index (κ2) is 5.44. The molecular formula is C18H17F3N2O2. The van der Waals surface area contributed by atoms with Gasteiger partial charge in [0, 0.05) is 24.3 Å². The lowest BCUT2D eigenvalue weighted by Crippen LogP contribution is -2.53. The summed E-state index contributed by atoms with van der Waals surface area (Å²) in [7, 11) is 0. The van der Waals surface area contributed by atoms with E-state index >= 15 is 0 Å². The predicted octanol–water partition coefficient (Wildman–Crippen LogP) is 4.29. The van der Waals surface area contributed by atoms with Crippen LogP contribution in [0.3, 0.4) is 0 Å². The summed E-state index contributed by atoms with van der Waals surface area (Å²) < 4.78 is 49.7. The number of allylic oxidation sites excluding steroid dienone is 2. The first-order valence-electron chi connectivity index (χ1n) is 8.11. The number of ether oxygens (including phenoxy) is 1. The first-order chi connectivity index (χ1) is 11.8. The van der Waals surface area contributed by atoms with Crippen LogP contribution in [0.1, 0.15) is 25.3 Å². The van der Waals surface area contributed by atoms with Crippen molar-refractivity contribution >= 4 is 11.5 Å². The predicted molar refractivity (Wildman–Crippen MR) is 85.3 cm³/mol. The molecular weight excluding hydrogens is 333 g/mol. The number of nitrogens with zero attached hydrogens (tertiary/aromatic N) is 2. The van der Waals surface area contributed by atoms with E-state index in [4.69, 9.17) is 4.74 Å². The Hall–Kier alpha value is -2.12. The minimum atomic E-state index is -3.37. The third-order valence-corrected chi connectivity index (χ3v) is 4.74. The molecule has 1 N–H and O–H groups in total. The standard InChI is InChI=1S/C18H17F3N2O2/c1-17(20,21)18(25-10-11-4-5-11)13-3-2-8-23(24)16(13)22-15-7-6-12(19)9-14(15)18/h2-3,6-9,11,24H,4-5,10H2,1H3. The number of hydrogen-bond acceptors (Lipinski definition) is 4. The van der Waals surface area contributed by atoms with E-state index in [1.807, 2.05) is 0 Å². The Morgan fingerprint density at radius 2 is 2.16 bits per heavy atom. The minimum Gasteiger partial charge on any atom is -0.359 e. The highest BCUT2D eigenvalue weighted by Gasteiger charge is 2.60. The van der Waals surface area contributed by atoms with Gasteiger partial charge in [-0.2, -0.15) is 0 Å². The first-order valence-corrected chi connectivity index (χ1v) is 8.11. The zero-order valence-corrected chi connectivity index (χ0v) is 13.5. The molecule has 0 aromatic heterocycles. The van der Waals surface area contributed by atoms with Crippen LogP contribution in [0.4, 0.5) is 18.9 Å². The van der Waals surface area contributed by atoms with Crippen molar-refractivity contribution in [2.75, 3.05) is 6.61 Å². The van der Waals surface area contributed by atoms with Crippen LogP contribution in [0, 0.1) is 11.7 Å². The van der Waals surface area contributed by atoms with Crippen molar-refractivity contribution in [2.45, 2.75) is 31.3 Å². The smallest absolute Gasteiger partial charge is 0.282 e. The molecule has 4 rings (SSSR count). The van der Waals surface area contributed by atoms with Crippen LogP contribution >= 0.6 is 0 Å². The van der Waals surface area contributed by atoms with Gasteiger partial charge < -0.3 is 4.74 Å². The van der Waals surface area contributed by atoms with Gasteiger partial charge in [-0.3, -0.25) is 5.21 Å². The van der Waals surface area contributed by atoms with Crippen molar-refractivity contribution in [3.05, 3.63) is 53.5 Å². The lowest BCUT2D eigenvalue weighted by atomic mass is 9.76. The number of aliphatic imine (C=N–C) groups is 1. The van der Waals surface area contributed by atoms with Crippen LogP contribution in [-0.4, -0.2) is 28.6 Å². The van der Waals surface area contributed by atoms with E-state index < -0.39 is 17.3 Å². The molecule has 1 unspecified atom stereocenters. The third kappa shape index (κ3) is 2.49. The lowest BCUT2D eigenvalue weighted by molar-refractivity contribution is -0.186. The van der Waals surface area contributed by atoms with E-state index in [9.17, 15) is 18.4 Å². The number of alkyl halides is 2. The van der Waals surface area contributed by atoms with E-state index in [0.717, 1.165) is 31.9 Å². The zero-order valence-electron chi connectivity index (χ0n) is 13.5. The number of halogens is 3. The monoisotopic (exact) mass is 350 g/mol. The number of hydroxylamine groups is 2. The fourth-order valence-electron chi connectivity index (χ4n) is 3.31. The molecule has 1 fully saturated rings. The van der Waals surface area contributed by atoms with Crippen molar-refractivity contribution in [1.82, 2.24) is 5.06 Å². The highest BCUT2D eigenvalue weighted by atomic mass is 19.3. The summed E-state index contributed by atoms with van der Waals surface area (Å²) in [5.74, 6) is -3.83. The largest absolute Gasteiger partial charge is 0.359 e. The zero-order chi connectivity index (χ0) is 17.8. The number of hydrogen-bond donors (Lipinski definition) is 1. The molecule has 7 heteroatoms. The summed E-state index contributed by atoms with van der Waals surface area (Å²) in [5.41, 5.74) is -2.07. The maximum Gasteiger partial charge on any atom is 0.282 e. The number of benzene rings is 1. The molecule has 3 aliphatic rings. The molecule has 25 heavy (non-hydrogen) atoms. The molecule has 4 nitrogen and oxygen atoms in total. The number of rotatable bonds is 4. The molecule has 0 radical (unpaired) electrons. The summed E-state index contributed by atoms with van der Waals surface area (Å²) >= 11 is 0. The lowest BCUT2D eigenvalue weighted by Gasteiger charge is -2.45. The van der Waals surface area contributed by atoms with E-state index in [1.54, 1.807) is 0 Å². The Kier molecular flexibility index (Phi) is 3.56. The summed E-state index contributed by atoms with van der Waals surface area (Å²) in [6.07, 6.45) is 6.01. The van der Waals surface area contributed by atoms with Crippen molar-refractivity contribution in [1.29, 1.82) is 0 Å². The van der Waals surface area contributed by atoms with Crippen LogP contribution in [0.15, 0.2) is 47.1 Å². The Morgan fingerprint density at radius 1 is 1.40 bits per heavy atom. The third-order valence-electron chi connectivity index (χ3n) is 4.74. The molecule has 2 aliphatic heterocycles. The van der Waals surface area contributed by atoms with E-state index in [2.05, 4.69) is 4.99 Å². The molecule has 0 amide bonds. The number of amidine groups is 1. The molecule has 0 spiro atoms. The molecule has 1 aromatic rings. The average molecular weight is 350 g/mol. The highest BCUT2D eigenvalue weighted by molar-refractivity contribution is 6.05. The average Bonchev–Trinajstić information content (AvgIpc) is 3.36. The van der Waals surface area contributed by atoms with Gasteiger partial charge >= 0.3 is 0 Å². The second-order valence-corrected chi connectivity index (χ2v) is 6.69. The molecule has 1 atom stereocenters. The van der Waals surface area contributed by atoms with Crippen LogP contribution < -0.4 is 0 Å². The topological polar surface area (TPSA) is 45.1 Å². The van der Waals surface area contributed by atoms with Gasteiger partial charge in [-0.15, -0.1) is 0 Å². The highest BCUT2D eigenvalue weighted by Crippen LogP contribution is 2.54. The van der Waals surface area contributed by atoms with Crippen molar-refractivity contribution < 1.29 is 23.1 Å². The minimum absolute atomic E-state index is 0.0174. The quantitative estimate of drug-likeness (QED) is 0.881. The van der Waals surface area contributed by atoms with E-state index in [-0.39, 0.29) is 35.2 Å². The fourth-order valence-corrected chi connectivity index (χ4v) is 3.31. The van der Waals surface area contributed by atoms with Gasteiger partial charge in [-0.1, -0.05) is 6.08 Å². The van der Waals surface area contributed by atoms with Crippen molar-refractivity contribution in [3.63, 3.8) is 0 Å². The molecule has 1 aliphatic carbocycles. The summed E-state index contributed by atoms with van der Waals surface area (Å²) in [4.78, 5) is 4.23. The Bertz CT molecular complexity index is 809. The van der Waals surface area contributed by atoms with E-state index in [0.29, 0.717) is 5.06 Å². The molecule has 0 saturated heterocycles. The normalized spacial score (nSPS) is 25.2. The fraction of sp³-hybridized carbons (Fsp3) is 0.389. The van der Waals surface area contributed by atoms with Crippen LogP contribution in [0.2, 0.25) is 0 Å². The van der Waals surface area contributed by atoms with Crippen LogP contribution in [0.25, 0.3) is 0 Å². The maximum absolute atomic E-state index is 15.0. The van der Waals surface area contributed by atoms with Gasteiger partial charge in [0.05, 0.1) is 12.3 Å². The van der Waals surface area contributed by atoms with Gasteiger partial charge in [0.25, 0.3) is 5.92 Å². The molecule has 1 saturated carbocycles. The summed E-state index contributed by atoms with van der Waals surface area (Å²) in [6, 6.07) is 3.51. The Morgan fingerprint density at radius 3 is 2.84 bits per heavy atom. The van der Waals surface area contributed by atoms with Gasteiger partial charge in [0.1, 0.15) is 5.82 Å². The summed E-state index contributed by atoms with van der Waals surface area (Å²) in [5, 5.41) is 10.8. The van der Waals surface area contributed by atoms with Gasteiger partial charge in [-0.25, -0.2) is 23.2 Å². The Balaban J connectivity index is 1.97. The first kappa shape index (κ1) is 16.4. The van der Waals surface area contributed by atoms with E-state index in [1.165, 1.54) is 24.4 Å². The molecule has 132 valence electrons. The van der Waals surface area contributed by atoms with Crippen LogP contribution in [-0.2, 0) is 10.3 Å². The molecule has 2 heterocycles. The maximum atomic E-state index is 15.0. The van der Waals surface area contributed by atoms with Gasteiger partial charge in [0.15, 0.2) is 11.4 Å².